The van der Waals surface area contributed by atoms with E-state index in [9.17, 15) is 14.4 Å². The molecule has 10 atom stereocenters. The van der Waals surface area contributed by atoms with Gasteiger partial charge >= 0.3 is 11.9 Å². The summed E-state index contributed by atoms with van der Waals surface area (Å²) in [5.74, 6) is -1.32. The first-order valence-corrected chi connectivity index (χ1v) is 13.2. The van der Waals surface area contributed by atoms with E-state index in [4.69, 9.17) is 23.4 Å². The van der Waals surface area contributed by atoms with E-state index in [1.807, 2.05) is 19.9 Å². The molecule has 2 saturated heterocycles. The van der Waals surface area contributed by atoms with Crippen LogP contribution >= 0.6 is 0 Å². The molecule has 200 valence electrons. The van der Waals surface area contributed by atoms with E-state index in [1.165, 1.54) is 14.0 Å². The molecule has 0 aromatic carbocycles. The van der Waals surface area contributed by atoms with Crippen LogP contribution in [0.1, 0.15) is 65.4 Å². The van der Waals surface area contributed by atoms with E-state index in [1.54, 1.807) is 12.5 Å². The normalized spacial score (nSPS) is 46.9. The molecule has 3 aliphatic carbocycles. The predicted octanol–water partition coefficient (Wildman–Crippen LogP) is 3.98. The number of ether oxygens (including phenoxy) is 4. The third kappa shape index (κ3) is 2.83. The minimum Gasteiger partial charge on any atom is -0.472 e. The van der Waals surface area contributed by atoms with Gasteiger partial charge in [-0.2, -0.15) is 0 Å². The van der Waals surface area contributed by atoms with Crippen LogP contribution < -0.4 is 0 Å². The van der Waals surface area contributed by atoms with Gasteiger partial charge in [0.05, 0.1) is 31.8 Å². The summed E-state index contributed by atoms with van der Waals surface area (Å²) in [5, 5.41) is 0. The first kappa shape index (κ1) is 24.9. The number of hydrogen-bond donors (Lipinski definition) is 0. The molecule has 3 saturated carbocycles. The van der Waals surface area contributed by atoms with Crippen LogP contribution in [0.25, 0.3) is 0 Å². The summed E-state index contributed by atoms with van der Waals surface area (Å²) < 4.78 is 30.0. The van der Waals surface area contributed by atoms with Crippen molar-refractivity contribution in [3.8, 4) is 0 Å². The van der Waals surface area contributed by atoms with E-state index in [2.05, 4.69) is 20.4 Å². The monoisotopic (exact) mass is 512 g/mol. The van der Waals surface area contributed by atoms with Crippen molar-refractivity contribution in [2.45, 2.75) is 89.8 Å². The molecule has 1 aromatic heterocycles. The molecule has 37 heavy (non-hydrogen) atoms. The number of Topliss-reactive ketones (excluding diaryl/α,β-unsaturated/α-hetero) is 1. The van der Waals surface area contributed by atoms with Gasteiger partial charge in [-0.1, -0.05) is 34.3 Å². The molecule has 1 spiro atoms. The van der Waals surface area contributed by atoms with Crippen LogP contribution in [0.4, 0.5) is 0 Å². The van der Waals surface area contributed by atoms with E-state index >= 15 is 0 Å². The summed E-state index contributed by atoms with van der Waals surface area (Å²) in [5.41, 5.74) is -0.781. The summed E-state index contributed by atoms with van der Waals surface area (Å²) >= 11 is 0. The van der Waals surface area contributed by atoms with Gasteiger partial charge in [0.1, 0.15) is 23.6 Å². The summed E-state index contributed by atoms with van der Waals surface area (Å²) in [6.45, 7) is 14.1. The van der Waals surface area contributed by atoms with Crippen LogP contribution in [0.2, 0.25) is 0 Å². The van der Waals surface area contributed by atoms with Gasteiger partial charge in [-0.3, -0.25) is 14.4 Å². The number of epoxide rings is 1. The van der Waals surface area contributed by atoms with E-state index < -0.39 is 46.1 Å². The highest BCUT2D eigenvalue weighted by Gasteiger charge is 2.85. The number of carbonyl (C=O) groups is 3. The minimum absolute atomic E-state index is 0.00928. The molecule has 6 rings (SSSR count). The van der Waals surface area contributed by atoms with Crippen molar-refractivity contribution in [3.05, 3.63) is 36.3 Å². The molecule has 1 aromatic rings. The molecular weight excluding hydrogens is 476 g/mol. The van der Waals surface area contributed by atoms with Crippen molar-refractivity contribution in [2.24, 2.45) is 28.1 Å². The Balaban J connectivity index is 1.51. The predicted molar refractivity (Wildman–Crippen MR) is 130 cm³/mol. The minimum atomic E-state index is -0.772. The third-order valence-electron chi connectivity index (χ3n) is 11.0. The molecule has 0 bridgehead atoms. The fourth-order valence-corrected chi connectivity index (χ4v) is 9.16. The van der Waals surface area contributed by atoms with Gasteiger partial charge in [0.15, 0.2) is 0 Å². The third-order valence-corrected chi connectivity index (χ3v) is 11.0. The lowest BCUT2D eigenvalue weighted by molar-refractivity contribution is -0.185. The summed E-state index contributed by atoms with van der Waals surface area (Å²) in [7, 11) is 1.37. The molecule has 0 radical (unpaired) electrons. The number of fused-ring (bicyclic) bond motifs is 3. The molecule has 0 amide bonds. The maximum absolute atomic E-state index is 13.4. The fourth-order valence-electron chi connectivity index (χ4n) is 9.16. The van der Waals surface area contributed by atoms with Gasteiger partial charge in [0.2, 0.25) is 0 Å². The second kappa shape index (κ2) is 7.56. The first-order valence-electron chi connectivity index (χ1n) is 13.2. The topological polar surface area (TPSA) is 105 Å². The Morgan fingerprint density at radius 3 is 2.54 bits per heavy atom. The Morgan fingerprint density at radius 2 is 1.92 bits per heavy atom. The van der Waals surface area contributed by atoms with Gasteiger partial charge < -0.3 is 23.4 Å². The highest BCUT2D eigenvalue weighted by molar-refractivity contribution is 5.87. The highest BCUT2D eigenvalue weighted by atomic mass is 16.6. The second-order valence-corrected chi connectivity index (χ2v) is 12.6. The maximum Gasteiger partial charge on any atom is 0.305 e. The zero-order valence-corrected chi connectivity index (χ0v) is 22.4. The van der Waals surface area contributed by atoms with Crippen LogP contribution in [-0.4, -0.2) is 54.8 Å². The molecule has 0 unspecified atom stereocenters. The Hall–Kier alpha value is -2.45. The zero-order chi connectivity index (χ0) is 26.7. The van der Waals surface area contributed by atoms with Gasteiger partial charge in [0.25, 0.3) is 0 Å². The van der Waals surface area contributed by atoms with E-state index in [0.29, 0.717) is 0 Å². The average Bonchev–Trinajstić information content (AvgIpc) is 3.09. The number of esters is 2. The highest BCUT2D eigenvalue weighted by Crippen LogP contribution is 2.78. The van der Waals surface area contributed by atoms with Crippen LogP contribution in [0.15, 0.2) is 35.2 Å². The van der Waals surface area contributed by atoms with Crippen molar-refractivity contribution in [2.75, 3.05) is 7.11 Å². The van der Waals surface area contributed by atoms with Gasteiger partial charge in [-0.15, -0.1) is 0 Å². The van der Waals surface area contributed by atoms with Gasteiger partial charge in [-0.05, 0) is 29.5 Å². The Morgan fingerprint density at radius 1 is 1.19 bits per heavy atom. The van der Waals surface area contributed by atoms with Crippen LogP contribution in [-0.2, 0) is 33.3 Å². The lowest BCUT2D eigenvalue weighted by Crippen LogP contribution is -2.64. The van der Waals surface area contributed by atoms with E-state index in [-0.39, 0.29) is 48.5 Å². The molecule has 5 aliphatic rings. The number of hydrogen-bond acceptors (Lipinski definition) is 8. The lowest BCUT2D eigenvalue weighted by Gasteiger charge is -2.57. The van der Waals surface area contributed by atoms with Crippen molar-refractivity contribution in [3.63, 3.8) is 0 Å². The summed E-state index contributed by atoms with van der Waals surface area (Å²) in [6.07, 6.45) is 2.80. The number of ketones is 1. The standard InChI is InChI=1S/C29H36O8/c1-14-23-24(36-20-12-19(31)26(3,4)18(27(20,23)5)11-22(32)33-7)25(35-15(2)30)28(6)17(16-8-9-34-13-16)10-21-29(14,28)37-21/h8-9,13,17-18,20-21,23-25H,1,10-12H2,2-7H3/t17-,18-,20-,21+,23+,24+,25-,27+,28+,29+/m0/s1. The largest absolute Gasteiger partial charge is 0.472 e. The quantitative estimate of drug-likeness (QED) is 0.339. The second-order valence-electron chi connectivity index (χ2n) is 12.6. The van der Waals surface area contributed by atoms with Crippen LogP contribution in [0, 0.1) is 28.1 Å². The lowest BCUT2D eigenvalue weighted by atomic mass is 9.45. The Bertz CT molecular complexity index is 1180. The SMILES string of the molecule is C=C1[C@@H]2[C@@H](O[C@H]3CC(=O)C(C)(C)[C@H](CC(=O)OC)[C@]32C)[C@H](OC(C)=O)[C@@]2(C)[C@H](c3ccoc3)C[C@H]3O[C@]132. The van der Waals surface area contributed by atoms with Gasteiger partial charge in [-0.25, -0.2) is 0 Å². The number of furan rings is 1. The van der Waals surface area contributed by atoms with Crippen molar-refractivity contribution in [1.29, 1.82) is 0 Å². The van der Waals surface area contributed by atoms with Gasteiger partial charge in [0, 0.05) is 47.8 Å². The average molecular weight is 513 g/mol. The Labute approximate surface area is 217 Å². The smallest absolute Gasteiger partial charge is 0.305 e. The number of methoxy groups -OCH3 is 1. The summed E-state index contributed by atoms with van der Waals surface area (Å²) in [4.78, 5) is 38.6. The Kier molecular flexibility index (Phi) is 5.08. The molecule has 0 N–H and O–H groups in total. The van der Waals surface area contributed by atoms with Crippen LogP contribution in [0.5, 0.6) is 0 Å². The number of rotatable bonds is 4. The first-order chi connectivity index (χ1) is 17.3. The van der Waals surface area contributed by atoms with Crippen molar-refractivity contribution >= 4 is 17.7 Å². The molecule has 8 heteroatoms. The summed E-state index contributed by atoms with van der Waals surface area (Å²) in [6, 6.07) is 1.96. The molecule has 2 aliphatic heterocycles. The van der Waals surface area contributed by atoms with E-state index in [0.717, 1.165) is 17.6 Å². The molecular formula is C29H36O8. The maximum atomic E-state index is 13.4. The van der Waals surface area contributed by atoms with Crippen molar-refractivity contribution < 1.29 is 37.7 Å². The number of carbonyl (C=O) groups excluding carboxylic acids is 3. The molecule has 3 heterocycles. The van der Waals surface area contributed by atoms with Crippen LogP contribution in [0.3, 0.4) is 0 Å². The van der Waals surface area contributed by atoms with Crippen molar-refractivity contribution in [1.82, 2.24) is 0 Å². The fraction of sp³-hybridized carbons (Fsp3) is 0.690. The zero-order valence-electron chi connectivity index (χ0n) is 22.4. The molecule has 8 nitrogen and oxygen atoms in total. The molecule has 5 fully saturated rings.